The van der Waals surface area contributed by atoms with Gasteiger partial charge in [0.25, 0.3) is 5.56 Å². The van der Waals surface area contributed by atoms with Crippen LogP contribution >= 0.6 is 0 Å². The molecule has 1 N–H and O–H groups in total. The molecule has 6 heteroatoms. The largest absolute Gasteiger partial charge is 0.376 e. The van der Waals surface area contributed by atoms with Crippen LogP contribution in [0.4, 0.5) is 0 Å². The van der Waals surface area contributed by atoms with E-state index in [9.17, 15) is 9.59 Å². The predicted octanol–water partition coefficient (Wildman–Crippen LogP) is 2.38. The third kappa shape index (κ3) is 4.06. The SMILES string of the molecule is Cc1ccc2[nH]c(=O)c(CN(CC3COCCO3)C(=O)C3CCC3)cc2c1. The molecule has 1 aromatic carbocycles. The summed E-state index contributed by atoms with van der Waals surface area (Å²) in [6.07, 6.45) is 2.84. The number of H-pyrrole nitrogens is 1. The maximum atomic E-state index is 12.9. The molecule has 6 nitrogen and oxygen atoms in total. The molecular formula is C21H26N2O4. The van der Waals surface area contributed by atoms with Gasteiger partial charge in [-0.25, -0.2) is 0 Å². The van der Waals surface area contributed by atoms with Gasteiger partial charge in [0.1, 0.15) is 0 Å². The lowest BCUT2D eigenvalue weighted by Gasteiger charge is -2.34. The number of hydrogen-bond acceptors (Lipinski definition) is 4. The fourth-order valence-corrected chi connectivity index (χ4v) is 3.73. The Kier molecular flexibility index (Phi) is 5.27. The molecule has 27 heavy (non-hydrogen) atoms. The third-order valence-corrected chi connectivity index (χ3v) is 5.51. The number of carbonyl (C=O) groups excluding carboxylic acids is 1. The molecule has 1 unspecified atom stereocenters. The van der Waals surface area contributed by atoms with Crippen LogP contribution in [-0.4, -0.2) is 48.3 Å². The van der Waals surface area contributed by atoms with E-state index in [2.05, 4.69) is 4.98 Å². The third-order valence-electron chi connectivity index (χ3n) is 5.51. The molecule has 1 atom stereocenters. The highest BCUT2D eigenvalue weighted by Crippen LogP contribution is 2.29. The molecule has 1 saturated heterocycles. The molecule has 1 aliphatic carbocycles. The highest BCUT2D eigenvalue weighted by molar-refractivity contribution is 5.81. The fraction of sp³-hybridized carbons (Fsp3) is 0.524. The molecule has 2 aromatic rings. The summed E-state index contributed by atoms with van der Waals surface area (Å²) in [6.45, 7) is 4.41. The summed E-state index contributed by atoms with van der Waals surface area (Å²) in [6, 6.07) is 7.84. The van der Waals surface area contributed by atoms with Gasteiger partial charge in [0.05, 0.1) is 32.5 Å². The van der Waals surface area contributed by atoms with E-state index < -0.39 is 0 Å². The van der Waals surface area contributed by atoms with E-state index in [1.807, 2.05) is 31.2 Å². The van der Waals surface area contributed by atoms with E-state index in [1.54, 1.807) is 4.90 Å². The van der Waals surface area contributed by atoms with Gasteiger partial charge in [-0.15, -0.1) is 0 Å². The molecule has 4 rings (SSSR count). The number of ether oxygens (including phenoxy) is 2. The molecule has 0 bridgehead atoms. The second-order valence-electron chi connectivity index (χ2n) is 7.63. The minimum atomic E-state index is -0.140. The number of amides is 1. The smallest absolute Gasteiger partial charge is 0.253 e. The Morgan fingerprint density at radius 3 is 2.81 bits per heavy atom. The Morgan fingerprint density at radius 1 is 1.26 bits per heavy atom. The van der Waals surface area contributed by atoms with Crippen LogP contribution in [0.15, 0.2) is 29.1 Å². The Balaban J connectivity index is 1.59. The van der Waals surface area contributed by atoms with Gasteiger partial charge < -0.3 is 19.4 Å². The zero-order valence-corrected chi connectivity index (χ0v) is 15.7. The minimum Gasteiger partial charge on any atom is -0.376 e. The minimum absolute atomic E-state index is 0.0799. The van der Waals surface area contributed by atoms with Gasteiger partial charge in [-0.3, -0.25) is 9.59 Å². The second kappa shape index (κ2) is 7.82. The van der Waals surface area contributed by atoms with Crippen molar-refractivity contribution in [2.75, 3.05) is 26.4 Å². The maximum absolute atomic E-state index is 12.9. The van der Waals surface area contributed by atoms with Gasteiger partial charge in [0.2, 0.25) is 5.91 Å². The zero-order valence-electron chi connectivity index (χ0n) is 15.7. The van der Waals surface area contributed by atoms with Gasteiger partial charge in [0.15, 0.2) is 0 Å². The Morgan fingerprint density at radius 2 is 2.11 bits per heavy atom. The topological polar surface area (TPSA) is 71.6 Å². The average molecular weight is 370 g/mol. The van der Waals surface area contributed by atoms with Crippen molar-refractivity contribution in [2.24, 2.45) is 5.92 Å². The summed E-state index contributed by atoms with van der Waals surface area (Å²) in [4.78, 5) is 30.3. The van der Waals surface area contributed by atoms with Gasteiger partial charge in [-0.1, -0.05) is 18.1 Å². The van der Waals surface area contributed by atoms with E-state index in [1.165, 1.54) is 0 Å². The monoisotopic (exact) mass is 370 g/mol. The normalized spacial score (nSPS) is 20.4. The number of carbonyl (C=O) groups is 1. The first-order valence-electron chi connectivity index (χ1n) is 9.71. The van der Waals surface area contributed by atoms with Crippen LogP contribution in [0.1, 0.15) is 30.4 Å². The summed E-state index contributed by atoms with van der Waals surface area (Å²) < 4.78 is 11.2. The van der Waals surface area contributed by atoms with Crippen molar-refractivity contribution in [3.8, 4) is 0 Å². The van der Waals surface area contributed by atoms with E-state index in [-0.39, 0.29) is 23.5 Å². The second-order valence-corrected chi connectivity index (χ2v) is 7.63. The fourth-order valence-electron chi connectivity index (χ4n) is 3.73. The van der Waals surface area contributed by atoms with Crippen molar-refractivity contribution in [2.45, 2.75) is 38.8 Å². The molecule has 2 fully saturated rings. The summed E-state index contributed by atoms with van der Waals surface area (Å²) in [5, 5.41) is 0.984. The van der Waals surface area contributed by atoms with Gasteiger partial charge in [-0.2, -0.15) is 0 Å². The van der Waals surface area contributed by atoms with Gasteiger partial charge in [0, 0.05) is 23.5 Å². The van der Waals surface area contributed by atoms with Crippen LogP contribution in [0.3, 0.4) is 0 Å². The molecule has 1 aliphatic heterocycles. The van der Waals surface area contributed by atoms with Gasteiger partial charge in [-0.05, 0) is 43.4 Å². The molecule has 0 spiro atoms. The molecule has 2 heterocycles. The van der Waals surface area contributed by atoms with Crippen molar-refractivity contribution in [3.05, 3.63) is 45.7 Å². The van der Waals surface area contributed by atoms with Crippen molar-refractivity contribution in [1.82, 2.24) is 9.88 Å². The summed E-state index contributed by atoms with van der Waals surface area (Å²) in [7, 11) is 0. The molecular weight excluding hydrogens is 344 g/mol. The standard InChI is InChI=1S/C21H26N2O4/c1-14-5-6-19-16(9-14)10-17(20(24)22-19)11-23(21(25)15-3-2-4-15)12-18-13-26-7-8-27-18/h5-6,9-10,15,18H,2-4,7-8,11-13H2,1H3,(H,22,24). The zero-order chi connectivity index (χ0) is 18.8. The summed E-state index contributed by atoms with van der Waals surface area (Å²) >= 11 is 0. The predicted molar refractivity (Wildman–Crippen MR) is 103 cm³/mol. The number of fused-ring (bicyclic) bond motifs is 1. The van der Waals surface area contributed by atoms with E-state index in [4.69, 9.17) is 9.47 Å². The molecule has 1 amide bonds. The summed E-state index contributed by atoms with van der Waals surface area (Å²) in [5.74, 6) is 0.204. The van der Waals surface area contributed by atoms with Crippen LogP contribution in [0.5, 0.6) is 0 Å². The maximum Gasteiger partial charge on any atom is 0.253 e. The van der Waals surface area contributed by atoms with Crippen molar-refractivity contribution >= 4 is 16.8 Å². The number of hydrogen-bond donors (Lipinski definition) is 1. The van der Waals surface area contributed by atoms with Crippen LogP contribution in [0.2, 0.25) is 0 Å². The Hall–Kier alpha value is -2.18. The number of nitrogens with one attached hydrogen (secondary N) is 1. The first-order valence-corrected chi connectivity index (χ1v) is 9.71. The number of aromatic amines is 1. The van der Waals surface area contributed by atoms with Gasteiger partial charge >= 0.3 is 0 Å². The first kappa shape index (κ1) is 18.2. The number of nitrogens with zero attached hydrogens (tertiary/aromatic N) is 1. The van der Waals surface area contributed by atoms with Crippen molar-refractivity contribution < 1.29 is 14.3 Å². The molecule has 1 aromatic heterocycles. The number of aryl methyl sites for hydroxylation is 1. The highest BCUT2D eigenvalue weighted by atomic mass is 16.6. The lowest BCUT2D eigenvalue weighted by atomic mass is 9.84. The van der Waals surface area contributed by atoms with Crippen LogP contribution < -0.4 is 5.56 Å². The van der Waals surface area contributed by atoms with Crippen molar-refractivity contribution in [3.63, 3.8) is 0 Å². The average Bonchev–Trinajstić information content (AvgIpc) is 2.61. The lowest BCUT2D eigenvalue weighted by Crippen LogP contribution is -2.46. The molecule has 144 valence electrons. The van der Waals surface area contributed by atoms with E-state index in [0.29, 0.717) is 38.5 Å². The quantitative estimate of drug-likeness (QED) is 0.877. The number of pyridine rings is 1. The van der Waals surface area contributed by atoms with Crippen LogP contribution in [0, 0.1) is 12.8 Å². The Bertz CT molecular complexity index is 881. The van der Waals surface area contributed by atoms with E-state index >= 15 is 0 Å². The molecule has 1 saturated carbocycles. The lowest BCUT2D eigenvalue weighted by molar-refractivity contribution is -0.145. The summed E-state index contributed by atoms with van der Waals surface area (Å²) in [5.41, 5.74) is 2.42. The van der Waals surface area contributed by atoms with Crippen LogP contribution in [-0.2, 0) is 20.8 Å². The molecule has 2 aliphatic rings. The molecule has 0 radical (unpaired) electrons. The van der Waals surface area contributed by atoms with E-state index in [0.717, 1.165) is 35.7 Å². The van der Waals surface area contributed by atoms with Crippen LogP contribution in [0.25, 0.3) is 10.9 Å². The number of aromatic nitrogens is 1. The number of rotatable bonds is 5. The first-order chi connectivity index (χ1) is 13.1. The Labute approximate surface area is 158 Å². The highest BCUT2D eigenvalue weighted by Gasteiger charge is 2.31. The number of benzene rings is 1. The van der Waals surface area contributed by atoms with Crippen molar-refractivity contribution in [1.29, 1.82) is 0 Å².